The molecule has 0 bridgehead atoms. The quantitative estimate of drug-likeness (QED) is 0.812. The summed E-state index contributed by atoms with van der Waals surface area (Å²) in [6.07, 6.45) is 0. The first-order chi connectivity index (χ1) is 10.8. The predicted molar refractivity (Wildman–Crippen MR) is 88.5 cm³/mol. The number of carbonyl (C=O) groups excluding carboxylic acids is 1. The second-order valence-electron chi connectivity index (χ2n) is 6.25. The van der Waals surface area contributed by atoms with Gasteiger partial charge in [-0.25, -0.2) is 0 Å². The fraction of sp³-hybridized carbons (Fsp3) is 0.412. The zero-order valence-electron chi connectivity index (χ0n) is 14.1. The van der Waals surface area contributed by atoms with Gasteiger partial charge in [0.1, 0.15) is 11.9 Å². The van der Waals surface area contributed by atoms with Crippen LogP contribution in [0.1, 0.15) is 36.7 Å². The lowest BCUT2D eigenvalue weighted by atomic mass is 10.1. The molecule has 2 aromatic rings. The van der Waals surface area contributed by atoms with Crippen molar-refractivity contribution in [2.45, 2.75) is 39.8 Å². The molecule has 1 amide bonds. The number of fused-ring (bicyclic) bond motifs is 1. The topological polar surface area (TPSA) is 65.6 Å². The first-order valence-corrected chi connectivity index (χ1v) is 7.81. The van der Waals surface area contributed by atoms with E-state index in [0.29, 0.717) is 5.82 Å². The second kappa shape index (κ2) is 5.47. The molecule has 1 aromatic carbocycles. The summed E-state index contributed by atoms with van der Waals surface area (Å²) in [6, 6.07) is 6.70. The number of benzene rings is 1. The van der Waals surface area contributed by atoms with Crippen molar-refractivity contribution in [2.24, 2.45) is 7.05 Å². The van der Waals surface area contributed by atoms with E-state index in [4.69, 9.17) is 0 Å². The maximum absolute atomic E-state index is 13.0. The predicted octanol–water partition coefficient (Wildman–Crippen LogP) is 1.55. The summed E-state index contributed by atoms with van der Waals surface area (Å²) in [6.45, 7) is 7.41. The first kappa shape index (κ1) is 15.7. The molecule has 6 heteroatoms. The molecule has 0 fully saturated rings. The Bertz CT molecular complexity index is 768. The van der Waals surface area contributed by atoms with Crippen molar-refractivity contribution >= 4 is 17.4 Å². The van der Waals surface area contributed by atoms with Crippen molar-refractivity contribution in [3.8, 4) is 0 Å². The van der Waals surface area contributed by atoms with E-state index in [-0.39, 0.29) is 17.0 Å². The summed E-state index contributed by atoms with van der Waals surface area (Å²) in [7, 11) is 1.82. The Kier molecular flexibility index (Phi) is 3.74. The third-order valence-corrected chi connectivity index (χ3v) is 4.68. The van der Waals surface area contributed by atoms with Crippen LogP contribution < -0.4 is 9.96 Å². The minimum absolute atomic E-state index is 0.0524. The first-order valence-electron chi connectivity index (χ1n) is 7.81. The Labute approximate surface area is 135 Å². The number of anilines is 2. The van der Waals surface area contributed by atoms with Crippen molar-refractivity contribution in [3.05, 3.63) is 46.3 Å². The Morgan fingerprint density at radius 1 is 1.17 bits per heavy atom. The van der Waals surface area contributed by atoms with Gasteiger partial charge in [-0.2, -0.15) is 5.10 Å². The molecule has 6 nitrogen and oxygen atoms in total. The van der Waals surface area contributed by atoms with E-state index in [1.165, 1.54) is 0 Å². The Morgan fingerprint density at radius 2 is 1.83 bits per heavy atom. The van der Waals surface area contributed by atoms with Crippen LogP contribution in [0.3, 0.4) is 0 Å². The Morgan fingerprint density at radius 3 is 2.48 bits per heavy atom. The van der Waals surface area contributed by atoms with Crippen LogP contribution >= 0.6 is 0 Å². The molecule has 0 radical (unpaired) electrons. The number of rotatable bonds is 1. The molecule has 3 atom stereocenters. The maximum Gasteiger partial charge on any atom is 0.291 e. The van der Waals surface area contributed by atoms with Crippen molar-refractivity contribution < 1.29 is 9.86 Å². The van der Waals surface area contributed by atoms with Crippen molar-refractivity contribution in [2.75, 3.05) is 4.90 Å². The minimum atomic E-state index is -0.670. The molecule has 23 heavy (non-hydrogen) atoms. The van der Waals surface area contributed by atoms with Gasteiger partial charge in [0.2, 0.25) is 0 Å². The number of para-hydroxylation sites is 1. The summed E-state index contributed by atoms with van der Waals surface area (Å²) in [5, 5.41) is 17.1. The summed E-state index contributed by atoms with van der Waals surface area (Å²) < 4.78 is 1.71. The second-order valence-corrected chi connectivity index (χ2v) is 6.25. The molecule has 2 heterocycles. The zero-order valence-corrected chi connectivity index (χ0v) is 14.1. The molecule has 0 aliphatic carbocycles. The van der Waals surface area contributed by atoms with Gasteiger partial charge in [-0.3, -0.25) is 14.4 Å². The molecule has 1 aliphatic rings. The normalized spacial score (nSPS) is 24.5. The van der Waals surface area contributed by atoms with Gasteiger partial charge in [0.15, 0.2) is 6.04 Å². The fourth-order valence-corrected chi connectivity index (χ4v) is 3.42. The summed E-state index contributed by atoms with van der Waals surface area (Å²) in [5.74, 6) is 0.505. The van der Waals surface area contributed by atoms with E-state index >= 15 is 0 Å². The molecule has 0 saturated carbocycles. The van der Waals surface area contributed by atoms with Gasteiger partial charge in [0.05, 0.1) is 16.9 Å². The average molecular weight is 314 g/mol. The number of hydrogen-bond donors (Lipinski definition) is 1. The van der Waals surface area contributed by atoms with Crippen LogP contribution in [0.2, 0.25) is 0 Å². The van der Waals surface area contributed by atoms with Gasteiger partial charge in [0.25, 0.3) is 5.91 Å². The van der Waals surface area contributed by atoms with Gasteiger partial charge in [-0.1, -0.05) is 18.2 Å². The lowest BCUT2D eigenvalue weighted by molar-refractivity contribution is -0.893. The van der Waals surface area contributed by atoms with Crippen molar-refractivity contribution in [3.63, 3.8) is 0 Å². The number of carbonyl (C=O) groups is 1. The monoisotopic (exact) mass is 314 g/mol. The van der Waals surface area contributed by atoms with Gasteiger partial charge < -0.3 is 10.3 Å². The van der Waals surface area contributed by atoms with Crippen LogP contribution in [0, 0.1) is 19.1 Å². The van der Waals surface area contributed by atoms with E-state index in [2.05, 4.69) is 5.10 Å². The maximum atomic E-state index is 13.0. The van der Waals surface area contributed by atoms with Crippen LogP contribution in [0.25, 0.3) is 0 Å². The number of aromatic nitrogens is 2. The number of quaternary nitrogens is 1. The highest BCUT2D eigenvalue weighted by Gasteiger charge is 2.40. The molecule has 3 unspecified atom stereocenters. The number of amides is 1. The number of aryl methyl sites for hydroxylation is 3. The zero-order chi connectivity index (χ0) is 16.9. The number of nitrogens with one attached hydrogen (secondary N) is 1. The summed E-state index contributed by atoms with van der Waals surface area (Å²) in [4.78, 5) is 14.7. The molecule has 1 aliphatic heterocycles. The van der Waals surface area contributed by atoms with Gasteiger partial charge >= 0.3 is 0 Å². The average Bonchev–Trinajstić information content (AvgIpc) is 2.78. The van der Waals surface area contributed by atoms with E-state index in [9.17, 15) is 10.0 Å². The lowest BCUT2D eigenvalue weighted by Gasteiger charge is -2.32. The lowest BCUT2D eigenvalue weighted by Crippen LogP contribution is -3.12. The highest BCUT2D eigenvalue weighted by molar-refractivity contribution is 6.03. The van der Waals surface area contributed by atoms with E-state index < -0.39 is 6.04 Å². The van der Waals surface area contributed by atoms with Crippen LogP contribution in [0.15, 0.2) is 24.3 Å². The Balaban J connectivity index is 2.32. The largest absolute Gasteiger partial charge is 0.633 e. The van der Waals surface area contributed by atoms with Crippen LogP contribution in [0.5, 0.6) is 0 Å². The SMILES string of the molecule is Cc1ccccc1N1C(=O)C(C)[NH+]([O-])C(C)c2c(C)nn(C)c21. The smallest absolute Gasteiger partial charge is 0.291 e. The molecule has 1 aromatic heterocycles. The standard InChI is InChI=1S/C17H22N4O2/c1-10-8-6-7-9-14(10)20-16-15(11(2)18-19(16)5)12(3)21(23)13(4)17(20)22/h6-9,12-13,21H,1-5H3. The van der Waals surface area contributed by atoms with Crippen LogP contribution in [0.4, 0.5) is 11.5 Å². The number of hydrogen-bond acceptors (Lipinski definition) is 3. The molecular weight excluding hydrogens is 292 g/mol. The van der Waals surface area contributed by atoms with Gasteiger partial charge in [-0.05, 0) is 39.3 Å². The number of nitrogens with zero attached hydrogens (tertiary/aromatic N) is 3. The molecular formula is C17H22N4O2. The van der Waals surface area contributed by atoms with Crippen LogP contribution in [-0.2, 0) is 11.8 Å². The molecule has 3 rings (SSSR count). The van der Waals surface area contributed by atoms with Crippen molar-refractivity contribution in [1.82, 2.24) is 9.78 Å². The third kappa shape index (κ3) is 2.26. The molecule has 1 N–H and O–H groups in total. The number of hydroxylamine groups is 2. The molecule has 122 valence electrons. The summed E-state index contributed by atoms with van der Waals surface area (Å²) in [5.41, 5.74) is 3.43. The Hall–Kier alpha value is -2.18. The molecule has 0 saturated heterocycles. The van der Waals surface area contributed by atoms with Crippen LogP contribution in [-0.4, -0.2) is 21.7 Å². The van der Waals surface area contributed by atoms with E-state index in [0.717, 1.165) is 22.5 Å². The highest BCUT2D eigenvalue weighted by Crippen LogP contribution is 2.36. The fourth-order valence-electron chi connectivity index (χ4n) is 3.42. The summed E-state index contributed by atoms with van der Waals surface area (Å²) >= 11 is 0. The van der Waals surface area contributed by atoms with E-state index in [1.54, 1.807) is 16.5 Å². The van der Waals surface area contributed by atoms with Gasteiger partial charge in [-0.15, -0.1) is 0 Å². The molecule has 0 spiro atoms. The third-order valence-electron chi connectivity index (χ3n) is 4.68. The minimum Gasteiger partial charge on any atom is -0.633 e. The van der Waals surface area contributed by atoms with E-state index in [1.807, 2.05) is 52.1 Å². The van der Waals surface area contributed by atoms with Crippen molar-refractivity contribution in [1.29, 1.82) is 0 Å². The highest BCUT2D eigenvalue weighted by atomic mass is 16.5. The van der Waals surface area contributed by atoms with Gasteiger partial charge in [0, 0.05) is 7.05 Å².